The van der Waals surface area contributed by atoms with Crippen molar-refractivity contribution >= 4 is 21.6 Å². The summed E-state index contributed by atoms with van der Waals surface area (Å²) in [4.78, 5) is 2.30. The quantitative estimate of drug-likeness (QED) is 0.789. The molecule has 1 aromatic carbocycles. The van der Waals surface area contributed by atoms with Crippen LogP contribution in [0.25, 0.3) is 0 Å². The van der Waals surface area contributed by atoms with Gasteiger partial charge in [-0.2, -0.15) is 0 Å². The molecule has 0 saturated carbocycles. The first-order chi connectivity index (χ1) is 7.67. The Bertz CT molecular complexity index is 331. The highest BCUT2D eigenvalue weighted by molar-refractivity contribution is 9.10. The average Bonchev–Trinajstić information content (AvgIpc) is 2.27. The number of benzene rings is 1. The fraction of sp³-hybridized carbons (Fsp3) is 0.500. The lowest BCUT2D eigenvalue weighted by molar-refractivity contribution is 0.225. The fourth-order valence-electron chi connectivity index (χ4n) is 1.58. The molecule has 3 nitrogen and oxygen atoms in total. The summed E-state index contributed by atoms with van der Waals surface area (Å²) in [7, 11) is 0. The molecule has 0 bridgehead atoms. The third kappa shape index (κ3) is 4.12. The minimum atomic E-state index is 0.249. The average molecular weight is 287 g/mol. The molecule has 4 heteroatoms. The molecule has 0 unspecified atom stereocenters. The zero-order chi connectivity index (χ0) is 12.0. The summed E-state index contributed by atoms with van der Waals surface area (Å²) in [6.45, 7) is 5.17. The normalized spacial score (nSPS) is 11.0. The van der Waals surface area contributed by atoms with E-state index in [-0.39, 0.29) is 6.61 Å². The molecule has 1 aromatic rings. The monoisotopic (exact) mass is 286 g/mol. The standard InChI is InChI=1S/C12H19BrN2O/c1-2-15(6-3-7-16)9-10-4-5-11(14)8-12(10)13/h4-5,8,16H,2-3,6-7,9,14H2,1H3. The molecule has 0 heterocycles. The van der Waals surface area contributed by atoms with Crippen molar-refractivity contribution < 1.29 is 5.11 Å². The van der Waals surface area contributed by atoms with E-state index in [0.29, 0.717) is 0 Å². The van der Waals surface area contributed by atoms with Gasteiger partial charge in [-0.1, -0.05) is 28.9 Å². The van der Waals surface area contributed by atoms with Gasteiger partial charge in [0.2, 0.25) is 0 Å². The van der Waals surface area contributed by atoms with Gasteiger partial charge < -0.3 is 10.8 Å². The van der Waals surface area contributed by atoms with Crippen molar-refractivity contribution in [3.05, 3.63) is 28.2 Å². The molecular formula is C12H19BrN2O. The summed E-state index contributed by atoms with van der Waals surface area (Å²) in [6, 6.07) is 5.89. The van der Waals surface area contributed by atoms with Crippen LogP contribution in [0.15, 0.2) is 22.7 Å². The van der Waals surface area contributed by atoms with Crippen molar-refractivity contribution in [2.45, 2.75) is 19.9 Å². The van der Waals surface area contributed by atoms with E-state index in [0.717, 1.165) is 36.2 Å². The molecule has 0 spiro atoms. The van der Waals surface area contributed by atoms with Crippen LogP contribution in [0.3, 0.4) is 0 Å². The maximum absolute atomic E-state index is 8.82. The molecule has 0 amide bonds. The van der Waals surface area contributed by atoms with Crippen molar-refractivity contribution in [2.75, 3.05) is 25.4 Å². The first-order valence-electron chi connectivity index (χ1n) is 5.54. The van der Waals surface area contributed by atoms with Gasteiger partial charge in [0.25, 0.3) is 0 Å². The predicted molar refractivity (Wildman–Crippen MR) is 71.2 cm³/mol. The number of halogens is 1. The van der Waals surface area contributed by atoms with E-state index in [4.69, 9.17) is 10.8 Å². The van der Waals surface area contributed by atoms with Crippen LogP contribution in [0.4, 0.5) is 5.69 Å². The molecule has 3 N–H and O–H groups in total. The Balaban J connectivity index is 2.62. The van der Waals surface area contributed by atoms with E-state index in [9.17, 15) is 0 Å². The maximum atomic E-state index is 8.82. The molecule has 0 aliphatic carbocycles. The summed E-state index contributed by atoms with van der Waals surface area (Å²) < 4.78 is 1.05. The highest BCUT2D eigenvalue weighted by atomic mass is 79.9. The van der Waals surface area contributed by atoms with Crippen molar-refractivity contribution in [1.29, 1.82) is 0 Å². The van der Waals surface area contributed by atoms with Gasteiger partial charge in [0.05, 0.1) is 0 Å². The zero-order valence-corrected chi connectivity index (χ0v) is 11.2. The number of nitrogen functional groups attached to an aromatic ring is 1. The number of hydrogen-bond donors (Lipinski definition) is 2. The first-order valence-corrected chi connectivity index (χ1v) is 6.33. The number of hydrogen-bond acceptors (Lipinski definition) is 3. The predicted octanol–water partition coefficient (Wildman–Crippen LogP) is 2.24. The number of nitrogens with two attached hydrogens (primary N) is 1. The van der Waals surface area contributed by atoms with Crippen LogP contribution in [-0.2, 0) is 6.54 Å². The number of anilines is 1. The van der Waals surface area contributed by atoms with Gasteiger partial charge in [-0.05, 0) is 30.7 Å². The summed E-state index contributed by atoms with van der Waals surface area (Å²) in [5, 5.41) is 8.82. The van der Waals surface area contributed by atoms with Crippen LogP contribution in [0.5, 0.6) is 0 Å². The molecule has 0 radical (unpaired) electrons. The Kier molecular flexibility index (Phi) is 5.80. The van der Waals surface area contributed by atoms with E-state index in [1.165, 1.54) is 5.56 Å². The van der Waals surface area contributed by atoms with Gasteiger partial charge in [-0.3, -0.25) is 4.90 Å². The van der Waals surface area contributed by atoms with Gasteiger partial charge in [-0.25, -0.2) is 0 Å². The van der Waals surface area contributed by atoms with Gasteiger partial charge in [-0.15, -0.1) is 0 Å². The smallest absolute Gasteiger partial charge is 0.0443 e. The second-order valence-corrected chi connectivity index (χ2v) is 4.65. The lowest BCUT2D eigenvalue weighted by atomic mass is 10.2. The molecular weight excluding hydrogens is 268 g/mol. The molecule has 16 heavy (non-hydrogen) atoms. The SMILES string of the molecule is CCN(CCCO)Cc1ccc(N)cc1Br. The molecule has 1 rings (SSSR count). The first kappa shape index (κ1) is 13.5. The minimum Gasteiger partial charge on any atom is -0.399 e. The number of aliphatic hydroxyl groups is 1. The van der Waals surface area contributed by atoms with Gasteiger partial charge in [0.1, 0.15) is 0 Å². The Hall–Kier alpha value is -0.580. The summed E-state index contributed by atoms with van der Waals surface area (Å²) >= 11 is 3.52. The largest absolute Gasteiger partial charge is 0.399 e. The van der Waals surface area contributed by atoms with Crippen molar-refractivity contribution in [2.24, 2.45) is 0 Å². The van der Waals surface area contributed by atoms with E-state index >= 15 is 0 Å². The molecule has 90 valence electrons. The highest BCUT2D eigenvalue weighted by Gasteiger charge is 2.06. The van der Waals surface area contributed by atoms with Crippen molar-refractivity contribution in [1.82, 2.24) is 4.90 Å². The second-order valence-electron chi connectivity index (χ2n) is 3.80. The summed E-state index contributed by atoms with van der Waals surface area (Å²) in [5.74, 6) is 0. The Morgan fingerprint density at radius 1 is 1.44 bits per heavy atom. The van der Waals surface area contributed by atoms with Crippen LogP contribution in [0.1, 0.15) is 18.9 Å². The third-order valence-corrected chi connectivity index (χ3v) is 3.29. The Morgan fingerprint density at radius 3 is 2.75 bits per heavy atom. The minimum absolute atomic E-state index is 0.249. The molecule has 0 aliphatic rings. The summed E-state index contributed by atoms with van der Waals surface area (Å²) in [5.41, 5.74) is 7.70. The maximum Gasteiger partial charge on any atom is 0.0443 e. The van der Waals surface area contributed by atoms with Gasteiger partial charge in [0, 0.05) is 29.9 Å². The second kappa shape index (κ2) is 6.89. The van der Waals surface area contributed by atoms with Gasteiger partial charge >= 0.3 is 0 Å². The summed E-state index contributed by atoms with van der Waals surface area (Å²) in [6.07, 6.45) is 0.820. The zero-order valence-electron chi connectivity index (χ0n) is 9.62. The number of aliphatic hydroxyl groups excluding tert-OH is 1. The lowest BCUT2D eigenvalue weighted by Crippen LogP contribution is -2.24. The van der Waals surface area contributed by atoms with E-state index in [2.05, 4.69) is 27.8 Å². The number of nitrogens with zero attached hydrogens (tertiary/aromatic N) is 1. The van der Waals surface area contributed by atoms with Crippen LogP contribution < -0.4 is 5.73 Å². The molecule has 0 aliphatic heterocycles. The fourth-order valence-corrected chi connectivity index (χ4v) is 2.10. The van der Waals surface area contributed by atoms with Crippen LogP contribution in [-0.4, -0.2) is 29.7 Å². The molecule has 0 atom stereocenters. The lowest BCUT2D eigenvalue weighted by Gasteiger charge is -2.20. The Labute approximate surface area is 105 Å². The van der Waals surface area contributed by atoms with E-state index < -0.39 is 0 Å². The van der Waals surface area contributed by atoms with E-state index in [1.807, 2.05) is 18.2 Å². The topological polar surface area (TPSA) is 49.5 Å². The van der Waals surface area contributed by atoms with Gasteiger partial charge in [0.15, 0.2) is 0 Å². The highest BCUT2D eigenvalue weighted by Crippen LogP contribution is 2.21. The van der Waals surface area contributed by atoms with Crippen molar-refractivity contribution in [3.63, 3.8) is 0 Å². The van der Waals surface area contributed by atoms with E-state index in [1.54, 1.807) is 0 Å². The molecule has 0 fully saturated rings. The van der Waals surface area contributed by atoms with Crippen LogP contribution in [0.2, 0.25) is 0 Å². The van der Waals surface area contributed by atoms with Crippen molar-refractivity contribution in [3.8, 4) is 0 Å². The molecule has 0 aromatic heterocycles. The third-order valence-electron chi connectivity index (χ3n) is 2.55. The Morgan fingerprint density at radius 2 is 2.19 bits per heavy atom. The van der Waals surface area contributed by atoms with Crippen LogP contribution in [0, 0.1) is 0 Å². The number of rotatable bonds is 6. The van der Waals surface area contributed by atoms with Crippen LogP contribution >= 0.6 is 15.9 Å². The molecule has 0 saturated heterocycles.